The largest absolute Gasteiger partial charge is 0.303 e. The van der Waals surface area contributed by atoms with Crippen molar-refractivity contribution in [3.8, 4) is 0 Å². The molecular weight excluding hydrogens is 160 g/mol. The van der Waals surface area contributed by atoms with E-state index >= 15 is 0 Å². The van der Waals surface area contributed by atoms with Crippen molar-refractivity contribution in [3.63, 3.8) is 0 Å². The van der Waals surface area contributed by atoms with E-state index in [1.165, 1.54) is 5.56 Å². The Hall–Kier alpha value is -1.11. The van der Waals surface area contributed by atoms with E-state index in [1.54, 1.807) is 0 Å². The maximum Gasteiger partial charge on any atom is 0.127 e. The number of carbonyl (C=O) groups excluding carboxylic acids is 1. The number of hydrogen-bond acceptors (Lipinski definition) is 1. The van der Waals surface area contributed by atoms with Crippen LogP contribution in [0.25, 0.3) is 0 Å². The molecule has 13 heavy (non-hydrogen) atoms. The van der Waals surface area contributed by atoms with Crippen LogP contribution in [0.5, 0.6) is 0 Å². The molecule has 0 fully saturated rings. The van der Waals surface area contributed by atoms with Gasteiger partial charge in [-0.15, -0.1) is 0 Å². The van der Waals surface area contributed by atoms with Gasteiger partial charge in [0.1, 0.15) is 6.29 Å². The minimum Gasteiger partial charge on any atom is -0.303 e. The number of aldehydes is 1. The lowest BCUT2D eigenvalue weighted by molar-refractivity contribution is -0.108. The molecule has 0 bridgehead atoms. The zero-order valence-electron chi connectivity index (χ0n) is 8.45. The second-order valence-corrected chi connectivity index (χ2v) is 3.75. The van der Waals surface area contributed by atoms with Gasteiger partial charge in [-0.1, -0.05) is 45.0 Å². The molecular formula is C12H16O. The van der Waals surface area contributed by atoms with Crippen LogP contribution in [-0.4, -0.2) is 6.29 Å². The van der Waals surface area contributed by atoms with E-state index in [0.29, 0.717) is 5.92 Å². The number of rotatable bonds is 3. The standard InChI is InChI=1S/C12H16O/c1-9(2)11-4-6-12(7-5-11)10(3)8-13/h4-10H,1-3H3/t10-/m0/s1. The van der Waals surface area contributed by atoms with Crippen LogP contribution in [0.1, 0.15) is 43.7 Å². The van der Waals surface area contributed by atoms with Crippen LogP contribution >= 0.6 is 0 Å². The van der Waals surface area contributed by atoms with E-state index in [1.807, 2.05) is 19.1 Å². The fourth-order valence-electron chi connectivity index (χ4n) is 1.26. The summed E-state index contributed by atoms with van der Waals surface area (Å²) in [6.07, 6.45) is 0.977. The minimum atomic E-state index is 0.0150. The Morgan fingerprint density at radius 2 is 1.46 bits per heavy atom. The van der Waals surface area contributed by atoms with Crippen LogP contribution in [0.15, 0.2) is 24.3 Å². The summed E-state index contributed by atoms with van der Waals surface area (Å²) in [6.45, 7) is 6.24. The van der Waals surface area contributed by atoms with Crippen LogP contribution in [0.3, 0.4) is 0 Å². The quantitative estimate of drug-likeness (QED) is 0.647. The molecule has 1 aromatic rings. The van der Waals surface area contributed by atoms with E-state index in [-0.39, 0.29) is 5.92 Å². The van der Waals surface area contributed by atoms with Gasteiger partial charge in [-0.05, 0) is 17.0 Å². The summed E-state index contributed by atoms with van der Waals surface area (Å²) in [6, 6.07) is 8.27. The fourth-order valence-corrected chi connectivity index (χ4v) is 1.26. The lowest BCUT2D eigenvalue weighted by atomic mass is 9.97. The minimum absolute atomic E-state index is 0.0150. The molecule has 0 unspecified atom stereocenters. The highest BCUT2D eigenvalue weighted by atomic mass is 16.1. The van der Waals surface area contributed by atoms with Gasteiger partial charge in [-0.3, -0.25) is 0 Å². The molecule has 0 saturated carbocycles. The topological polar surface area (TPSA) is 17.1 Å². The van der Waals surface area contributed by atoms with E-state index < -0.39 is 0 Å². The zero-order chi connectivity index (χ0) is 9.84. The predicted molar refractivity (Wildman–Crippen MR) is 55.0 cm³/mol. The monoisotopic (exact) mass is 176 g/mol. The first kappa shape index (κ1) is 9.97. The van der Waals surface area contributed by atoms with E-state index in [4.69, 9.17) is 0 Å². The Balaban J connectivity index is 2.87. The van der Waals surface area contributed by atoms with Gasteiger partial charge in [-0.25, -0.2) is 0 Å². The van der Waals surface area contributed by atoms with Gasteiger partial charge < -0.3 is 4.79 Å². The summed E-state index contributed by atoms with van der Waals surface area (Å²) in [5, 5.41) is 0. The second kappa shape index (κ2) is 4.22. The average molecular weight is 176 g/mol. The molecule has 1 nitrogen and oxygen atoms in total. The van der Waals surface area contributed by atoms with Gasteiger partial charge in [0, 0.05) is 5.92 Å². The molecule has 0 aliphatic rings. The SMILES string of the molecule is CC(C)c1ccc([C@@H](C)C=O)cc1. The van der Waals surface area contributed by atoms with Crippen molar-refractivity contribution in [2.24, 2.45) is 0 Å². The maximum absolute atomic E-state index is 10.5. The molecule has 1 heteroatoms. The van der Waals surface area contributed by atoms with Crippen LogP contribution in [0, 0.1) is 0 Å². The number of benzene rings is 1. The first-order valence-corrected chi connectivity index (χ1v) is 4.70. The van der Waals surface area contributed by atoms with Crippen LogP contribution in [-0.2, 0) is 4.79 Å². The van der Waals surface area contributed by atoms with Gasteiger partial charge in [0.2, 0.25) is 0 Å². The fraction of sp³-hybridized carbons (Fsp3) is 0.417. The Labute approximate surface area is 79.8 Å². The second-order valence-electron chi connectivity index (χ2n) is 3.75. The summed E-state index contributed by atoms with van der Waals surface area (Å²) in [7, 11) is 0. The normalized spacial score (nSPS) is 12.9. The van der Waals surface area contributed by atoms with Gasteiger partial charge in [0.25, 0.3) is 0 Å². The Morgan fingerprint density at radius 1 is 1.00 bits per heavy atom. The van der Waals surface area contributed by atoms with Crippen molar-refractivity contribution < 1.29 is 4.79 Å². The summed E-state index contributed by atoms with van der Waals surface area (Å²) < 4.78 is 0. The summed E-state index contributed by atoms with van der Waals surface area (Å²) in [4.78, 5) is 10.5. The van der Waals surface area contributed by atoms with E-state index in [0.717, 1.165) is 11.8 Å². The third-order valence-electron chi connectivity index (χ3n) is 2.33. The van der Waals surface area contributed by atoms with Crippen molar-refractivity contribution in [1.82, 2.24) is 0 Å². The molecule has 0 heterocycles. The molecule has 70 valence electrons. The Kier molecular flexibility index (Phi) is 3.24. The summed E-state index contributed by atoms with van der Waals surface area (Å²) >= 11 is 0. The lowest BCUT2D eigenvalue weighted by Crippen LogP contribution is -1.95. The van der Waals surface area contributed by atoms with Crippen LogP contribution in [0.2, 0.25) is 0 Å². The first-order chi connectivity index (χ1) is 6.15. The van der Waals surface area contributed by atoms with Crippen molar-refractivity contribution in [2.45, 2.75) is 32.6 Å². The highest BCUT2D eigenvalue weighted by molar-refractivity contribution is 5.61. The van der Waals surface area contributed by atoms with Gasteiger partial charge in [-0.2, -0.15) is 0 Å². The summed E-state index contributed by atoms with van der Waals surface area (Å²) in [5.74, 6) is 0.571. The molecule has 0 amide bonds. The molecule has 1 rings (SSSR count). The van der Waals surface area contributed by atoms with Crippen molar-refractivity contribution in [1.29, 1.82) is 0 Å². The van der Waals surface area contributed by atoms with Crippen LogP contribution < -0.4 is 0 Å². The molecule has 0 aromatic heterocycles. The Morgan fingerprint density at radius 3 is 1.85 bits per heavy atom. The highest BCUT2D eigenvalue weighted by Crippen LogP contribution is 2.18. The molecule has 0 spiro atoms. The molecule has 0 radical (unpaired) electrons. The summed E-state index contributed by atoms with van der Waals surface area (Å²) in [5.41, 5.74) is 2.42. The lowest BCUT2D eigenvalue weighted by Gasteiger charge is -2.08. The molecule has 1 atom stereocenters. The smallest absolute Gasteiger partial charge is 0.127 e. The van der Waals surface area contributed by atoms with Gasteiger partial charge in [0.15, 0.2) is 0 Å². The average Bonchev–Trinajstić information content (AvgIpc) is 2.17. The third kappa shape index (κ3) is 2.41. The highest BCUT2D eigenvalue weighted by Gasteiger charge is 2.04. The number of carbonyl (C=O) groups is 1. The van der Waals surface area contributed by atoms with Gasteiger partial charge >= 0.3 is 0 Å². The molecule has 0 aliphatic heterocycles. The first-order valence-electron chi connectivity index (χ1n) is 4.70. The van der Waals surface area contributed by atoms with E-state index in [2.05, 4.69) is 26.0 Å². The molecule has 0 N–H and O–H groups in total. The predicted octanol–water partition coefficient (Wildman–Crippen LogP) is 3.11. The number of hydrogen-bond donors (Lipinski definition) is 0. The zero-order valence-corrected chi connectivity index (χ0v) is 8.45. The molecule has 1 aromatic carbocycles. The molecule has 0 saturated heterocycles. The van der Waals surface area contributed by atoms with Crippen molar-refractivity contribution in [3.05, 3.63) is 35.4 Å². The molecule has 0 aliphatic carbocycles. The Bertz CT molecular complexity index is 272. The maximum atomic E-state index is 10.5. The van der Waals surface area contributed by atoms with E-state index in [9.17, 15) is 4.79 Å². The van der Waals surface area contributed by atoms with Crippen molar-refractivity contribution in [2.75, 3.05) is 0 Å². The third-order valence-corrected chi connectivity index (χ3v) is 2.33. The van der Waals surface area contributed by atoms with Crippen LogP contribution in [0.4, 0.5) is 0 Å². The van der Waals surface area contributed by atoms with Crippen molar-refractivity contribution >= 4 is 6.29 Å². The van der Waals surface area contributed by atoms with Gasteiger partial charge in [0.05, 0.1) is 0 Å².